The first-order valence-corrected chi connectivity index (χ1v) is 8.00. The minimum absolute atomic E-state index is 0.118. The van der Waals surface area contributed by atoms with Gasteiger partial charge in [0.15, 0.2) is 0 Å². The Morgan fingerprint density at radius 2 is 1.75 bits per heavy atom. The maximum Gasteiger partial charge on any atom is 0.251 e. The number of carbonyl (C=O) groups excluding carboxylic acids is 1. The summed E-state index contributed by atoms with van der Waals surface area (Å²) in [6.07, 6.45) is 5.30. The third-order valence-corrected chi connectivity index (χ3v) is 4.18. The van der Waals surface area contributed by atoms with Crippen molar-refractivity contribution in [2.75, 3.05) is 0 Å². The highest BCUT2D eigenvalue weighted by molar-refractivity contribution is 6.30. The fraction of sp³-hybridized carbons (Fsp3) is 0.158. The Bertz CT molecular complexity index is 822. The maximum atomic E-state index is 12.5. The number of hydrogen-bond donors (Lipinski definition) is 1. The molecule has 1 N–H and O–H groups in total. The second kappa shape index (κ2) is 6.49. The Labute approximate surface area is 146 Å². The van der Waals surface area contributed by atoms with Crippen LogP contribution in [0.15, 0.2) is 67.3 Å². The van der Waals surface area contributed by atoms with Crippen molar-refractivity contribution in [3.05, 3.63) is 83.4 Å². The van der Waals surface area contributed by atoms with Gasteiger partial charge in [-0.2, -0.15) is 0 Å². The largest absolute Gasteiger partial charge is 0.343 e. The highest BCUT2D eigenvalue weighted by Gasteiger charge is 2.23. The molecule has 0 fully saturated rings. The molecule has 0 saturated heterocycles. The summed E-state index contributed by atoms with van der Waals surface area (Å²) in [7, 11) is 0. The fourth-order valence-electron chi connectivity index (χ4n) is 2.49. The lowest BCUT2D eigenvalue weighted by atomic mass is 9.94. The molecule has 0 radical (unpaired) electrons. The monoisotopic (exact) mass is 339 g/mol. The van der Waals surface area contributed by atoms with E-state index in [1.807, 2.05) is 73.1 Å². The van der Waals surface area contributed by atoms with Crippen LogP contribution in [0.5, 0.6) is 0 Å². The SMILES string of the molecule is CC(C)(NC(=O)c1ccc(-n2ccnc2)cc1)c1ccc(Cl)cc1. The van der Waals surface area contributed by atoms with Gasteiger partial charge in [0.25, 0.3) is 5.91 Å². The Morgan fingerprint density at radius 3 is 2.33 bits per heavy atom. The summed E-state index contributed by atoms with van der Waals surface area (Å²) in [5.41, 5.74) is 2.07. The predicted molar refractivity (Wildman–Crippen MR) is 95.5 cm³/mol. The number of nitrogens with zero attached hydrogens (tertiary/aromatic N) is 2. The molecular formula is C19H18ClN3O. The standard InChI is InChI=1S/C19H18ClN3O/c1-19(2,15-5-7-16(20)8-6-15)22-18(24)14-3-9-17(10-4-14)23-12-11-21-13-23/h3-13H,1-2H3,(H,22,24). The van der Waals surface area contributed by atoms with Gasteiger partial charge in [0.05, 0.1) is 11.9 Å². The number of imidazole rings is 1. The Morgan fingerprint density at radius 1 is 1.08 bits per heavy atom. The first kappa shape index (κ1) is 16.3. The van der Waals surface area contributed by atoms with E-state index in [1.54, 1.807) is 12.5 Å². The van der Waals surface area contributed by atoms with Crippen LogP contribution in [0.2, 0.25) is 5.02 Å². The van der Waals surface area contributed by atoms with Gasteiger partial charge in [-0.1, -0.05) is 23.7 Å². The van der Waals surface area contributed by atoms with Gasteiger partial charge in [-0.3, -0.25) is 4.79 Å². The van der Waals surface area contributed by atoms with Gasteiger partial charge in [-0.25, -0.2) is 4.98 Å². The molecule has 0 saturated carbocycles. The molecule has 24 heavy (non-hydrogen) atoms. The quantitative estimate of drug-likeness (QED) is 0.774. The summed E-state index contributed by atoms with van der Waals surface area (Å²) in [4.78, 5) is 16.6. The number of amides is 1. The highest BCUT2D eigenvalue weighted by atomic mass is 35.5. The lowest BCUT2D eigenvalue weighted by Crippen LogP contribution is -2.40. The van der Waals surface area contributed by atoms with Gasteiger partial charge in [-0.05, 0) is 55.8 Å². The average molecular weight is 340 g/mol. The zero-order valence-electron chi connectivity index (χ0n) is 13.5. The van der Waals surface area contributed by atoms with E-state index < -0.39 is 5.54 Å². The number of aromatic nitrogens is 2. The van der Waals surface area contributed by atoms with Crippen molar-refractivity contribution in [3.8, 4) is 5.69 Å². The van der Waals surface area contributed by atoms with Gasteiger partial charge in [0, 0.05) is 28.7 Å². The Hall–Kier alpha value is -2.59. The van der Waals surface area contributed by atoms with Gasteiger partial charge < -0.3 is 9.88 Å². The van der Waals surface area contributed by atoms with Gasteiger partial charge in [-0.15, -0.1) is 0 Å². The molecule has 2 aromatic carbocycles. The minimum atomic E-state index is -0.495. The smallest absolute Gasteiger partial charge is 0.251 e. The number of carbonyl (C=O) groups is 1. The Kier molecular flexibility index (Phi) is 4.40. The van der Waals surface area contributed by atoms with Crippen LogP contribution in [0.1, 0.15) is 29.8 Å². The second-order valence-corrected chi connectivity index (χ2v) is 6.54. The van der Waals surface area contributed by atoms with Crippen LogP contribution < -0.4 is 5.32 Å². The van der Waals surface area contributed by atoms with Crippen molar-refractivity contribution in [2.24, 2.45) is 0 Å². The normalized spacial score (nSPS) is 11.3. The first-order chi connectivity index (χ1) is 11.5. The van der Waals surface area contributed by atoms with E-state index in [0.717, 1.165) is 11.3 Å². The number of halogens is 1. The summed E-state index contributed by atoms with van der Waals surface area (Å²) < 4.78 is 1.89. The van der Waals surface area contributed by atoms with Gasteiger partial charge in [0.2, 0.25) is 0 Å². The molecule has 1 heterocycles. The molecule has 0 bridgehead atoms. The van der Waals surface area contributed by atoms with Crippen LogP contribution in [0.25, 0.3) is 5.69 Å². The van der Waals surface area contributed by atoms with E-state index in [9.17, 15) is 4.79 Å². The van der Waals surface area contributed by atoms with Crippen LogP contribution in [0.4, 0.5) is 0 Å². The van der Waals surface area contributed by atoms with Crippen molar-refractivity contribution in [2.45, 2.75) is 19.4 Å². The summed E-state index contributed by atoms with van der Waals surface area (Å²) in [6, 6.07) is 14.9. The van der Waals surface area contributed by atoms with E-state index in [4.69, 9.17) is 11.6 Å². The third-order valence-electron chi connectivity index (χ3n) is 3.92. The summed E-state index contributed by atoms with van der Waals surface area (Å²) >= 11 is 5.93. The molecule has 0 aliphatic heterocycles. The van der Waals surface area contributed by atoms with Gasteiger partial charge >= 0.3 is 0 Å². The number of hydrogen-bond acceptors (Lipinski definition) is 2. The van der Waals surface area contributed by atoms with Crippen LogP contribution >= 0.6 is 11.6 Å². The van der Waals surface area contributed by atoms with Crippen molar-refractivity contribution < 1.29 is 4.79 Å². The average Bonchev–Trinajstić information content (AvgIpc) is 3.09. The molecule has 0 aliphatic carbocycles. The number of nitrogens with one attached hydrogen (secondary N) is 1. The molecular weight excluding hydrogens is 322 g/mol. The first-order valence-electron chi connectivity index (χ1n) is 7.63. The van der Waals surface area contributed by atoms with Crippen molar-refractivity contribution >= 4 is 17.5 Å². The summed E-state index contributed by atoms with van der Waals surface area (Å²) in [5.74, 6) is -0.118. The zero-order chi connectivity index (χ0) is 17.2. The lowest BCUT2D eigenvalue weighted by Gasteiger charge is -2.27. The molecule has 0 spiro atoms. The van der Waals surface area contributed by atoms with Crippen molar-refractivity contribution in [1.82, 2.24) is 14.9 Å². The molecule has 1 aromatic heterocycles. The molecule has 122 valence electrons. The van der Waals surface area contributed by atoms with Gasteiger partial charge in [0.1, 0.15) is 0 Å². The molecule has 3 rings (SSSR count). The molecule has 0 aliphatic rings. The van der Waals surface area contributed by atoms with E-state index in [1.165, 1.54) is 0 Å². The second-order valence-electron chi connectivity index (χ2n) is 6.10. The Balaban J connectivity index is 1.75. The van der Waals surface area contributed by atoms with Crippen LogP contribution in [-0.2, 0) is 5.54 Å². The molecule has 0 unspecified atom stereocenters. The van der Waals surface area contributed by atoms with E-state index in [-0.39, 0.29) is 5.91 Å². The molecule has 3 aromatic rings. The highest BCUT2D eigenvalue weighted by Crippen LogP contribution is 2.22. The third kappa shape index (κ3) is 3.49. The molecule has 4 nitrogen and oxygen atoms in total. The summed E-state index contributed by atoms with van der Waals surface area (Å²) in [6.45, 7) is 3.93. The van der Waals surface area contributed by atoms with E-state index in [2.05, 4.69) is 10.3 Å². The number of benzene rings is 2. The van der Waals surface area contributed by atoms with E-state index >= 15 is 0 Å². The summed E-state index contributed by atoms with van der Waals surface area (Å²) in [5, 5.41) is 3.74. The van der Waals surface area contributed by atoms with Crippen LogP contribution in [-0.4, -0.2) is 15.5 Å². The predicted octanol–water partition coefficient (Wildman–Crippen LogP) is 4.19. The topological polar surface area (TPSA) is 46.9 Å². The van der Waals surface area contributed by atoms with Crippen LogP contribution in [0.3, 0.4) is 0 Å². The molecule has 5 heteroatoms. The van der Waals surface area contributed by atoms with Crippen molar-refractivity contribution in [1.29, 1.82) is 0 Å². The van der Waals surface area contributed by atoms with Crippen molar-refractivity contribution in [3.63, 3.8) is 0 Å². The molecule has 0 atom stereocenters. The maximum absolute atomic E-state index is 12.5. The zero-order valence-corrected chi connectivity index (χ0v) is 14.3. The molecule has 1 amide bonds. The number of rotatable bonds is 4. The fourth-order valence-corrected chi connectivity index (χ4v) is 2.62. The minimum Gasteiger partial charge on any atom is -0.343 e. The lowest BCUT2D eigenvalue weighted by molar-refractivity contribution is 0.0912. The van der Waals surface area contributed by atoms with Crippen LogP contribution in [0, 0.1) is 0 Å². The van der Waals surface area contributed by atoms with E-state index in [0.29, 0.717) is 10.6 Å².